The molecule has 0 spiro atoms. The molecule has 1 aromatic heterocycles. The number of rotatable bonds is 3. The van der Waals surface area contributed by atoms with Crippen molar-refractivity contribution >= 4 is 11.8 Å². The van der Waals surface area contributed by atoms with Crippen LogP contribution in [0.5, 0.6) is 0 Å². The van der Waals surface area contributed by atoms with E-state index in [2.05, 4.69) is 15.5 Å². The molecule has 126 valence electrons. The molecule has 1 unspecified atom stereocenters. The van der Waals surface area contributed by atoms with Crippen molar-refractivity contribution in [3.63, 3.8) is 0 Å². The molecule has 23 heavy (non-hydrogen) atoms. The lowest BCUT2D eigenvalue weighted by molar-refractivity contribution is 0.478. The number of nitrogens with zero attached hydrogens (tertiary/aromatic N) is 3. The molecule has 0 radical (unpaired) electrons. The fourth-order valence-corrected chi connectivity index (χ4v) is 4.18. The van der Waals surface area contributed by atoms with Crippen molar-refractivity contribution in [2.75, 3.05) is 36.4 Å². The number of aryl methyl sites for hydroxylation is 1. The van der Waals surface area contributed by atoms with Crippen molar-refractivity contribution in [1.29, 1.82) is 0 Å². The van der Waals surface area contributed by atoms with Gasteiger partial charge in [0.1, 0.15) is 5.82 Å². The molecule has 0 amide bonds. The first-order valence-electron chi connectivity index (χ1n) is 9.52. The molecule has 1 aliphatic carbocycles. The molecule has 2 N–H and O–H groups in total. The maximum atomic E-state index is 4.98. The van der Waals surface area contributed by atoms with E-state index in [0.717, 1.165) is 45.0 Å². The average molecular weight is 315 g/mol. The van der Waals surface area contributed by atoms with Gasteiger partial charge in [0.25, 0.3) is 0 Å². The number of hydrogen-bond donors (Lipinski definition) is 2. The number of hydrogen-bond acceptors (Lipinski definition) is 5. The summed E-state index contributed by atoms with van der Waals surface area (Å²) < 4.78 is 0. The van der Waals surface area contributed by atoms with Crippen molar-refractivity contribution in [2.45, 2.75) is 63.8 Å². The van der Waals surface area contributed by atoms with Crippen LogP contribution < -0.4 is 15.5 Å². The summed E-state index contributed by atoms with van der Waals surface area (Å²) in [6.07, 6.45) is 11.3. The van der Waals surface area contributed by atoms with E-state index in [1.54, 1.807) is 0 Å². The molecule has 4 rings (SSSR count). The smallest absolute Gasteiger partial charge is 0.225 e. The molecular weight excluding hydrogens is 286 g/mol. The van der Waals surface area contributed by atoms with E-state index in [0.29, 0.717) is 6.04 Å². The fraction of sp³-hybridized carbons (Fsp3) is 0.778. The summed E-state index contributed by atoms with van der Waals surface area (Å²) in [6.45, 7) is 4.49. The minimum atomic E-state index is 0.472. The highest BCUT2D eigenvalue weighted by Gasteiger charge is 2.24. The number of nitrogens with one attached hydrogen (secondary N) is 2. The zero-order valence-corrected chi connectivity index (χ0v) is 14.1. The van der Waals surface area contributed by atoms with Crippen LogP contribution in [0.25, 0.3) is 0 Å². The second kappa shape index (κ2) is 7.04. The lowest BCUT2D eigenvalue weighted by atomic mass is 10.1. The van der Waals surface area contributed by atoms with Gasteiger partial charge in [-0.2, -0.15) is 4.98 Å². The quantitative estimate of drug-likeness (QED) is 0.897. The second-order valence-corrected chi connectivity index (χ2v) is 7.24. The summed E-state index contributed by atoms with van der Waals surface area (Å²) in [5.41, 5.74) is 2.73. The van der Waals surface area contributed by atoms with Crippen LogP contribution in [0, 0.1) is 0 Å². The maximum Gasteiger partial charge on any atom is 0.225 e. The lowest BCUT2D eigenvalue weighted by Gasteiger charge is -2.27. The van der Waals surface area contributed by atoms with E-state index in [4.69, 9.17) is 9.97 Å². The van der Waals surface area contributed by atoms with Crippen molar-refractivity contribution in [1.82, 2.24) is 15.3 Å². The van der Waals surface area contributed by atoms with Gasteiger partial charge in [0.2, 0.25) is 5.95 Å². The molecule has 2 fully saturated rings. The third-order valence-electron chi connectivity index (χ3n) is 5.45. The first-order chi connectivity index (χ1) is 11.4. The highest BCUT2D eigenvalue weighted by atomic mass is 15.2. The Kier molecular flexibility index (Phi) is 4.64. The first-order valence-corrected chi connectivity index (χ1v) is 9.52. The number of fused-ring (bicyclic) bond motifs is 1. The van der Waals surface area contributed by atoms with Crippen LogP contribution in [-0.2, 0) is 12.8 Å². The minimum absolute atomic E-state index is 0.472. The van der Waals surface area contributed by atoms with Gasteiger partial charge in [-0.05, 0) is 51.5 Å². The molecule has 2 aliphatic heterocycles. The van der Waals surface area contributed by atoms with E-state index >= 15 is 0 Å². The Balaban J connectivity index is 1.59. The normalized spacial score (nSPS) is 25.0. The van der Waals surface area contributed by atoms with Crippen LogP contribution in [0.1, 0.15) is 56.2 Å². The third-order valence-corrected chi connectivity index (χ3v) is 5.45. The van der Waals surface area contributed by atoms with Gasteiger partial charge >= 0.3 is 0 Å². The Labute approximate surface area is 139 Å². The minimum Gasteiger partial charge on any atom is -0.356 e. The molecule has 5 nitrogen and oxygen atoms in total. The van der Waals surface area contributed by atoms with Crippen LogP contribution in [-0.4, -0.2) is 42.2 Å². The molecule has 1 aromatic rings. The number of aromatic nitrogens is 2. The molecule has 3 heterocycles. The maximum absolute atomic E-state index is 4.98. The molecule has 0 aromatic carbocycles. The van der Waals surface area contributed by atoms with Gasteiger partial charge in [-0.3, -0.25) is 0 Å². The van der Waals surface area contributed by atoms with Gasteiger partial charge in [0.15, 0.2) is 0 Å². The Bertz CT molecular complexity index is 530. The summed E-state index contributed by atoms with van der Waals surface area (Å²) in [5.74, 6) is 2.10. The van der Waals surface area contributed by atoms with E-state index in [1.165, 1.54) is 62.0 Å². The SMILES string of the molecule is C1CCCN(c2nc(NC3CCCNC3)nc3c2CCC3)CC1. The van der Waals surface area contributed by atoms with Crippen LogP contribution in [0.2, 0.25) is 0 Å². The van der Waals surface area contributed by atoms with Gasteiger partial charge in [0.05, 0.1) is 5.69 Å². The molecule has 0 saturated carbocycles. The number of anilines is 2. The summed E-state index contributed by atoms with van der Waals surface area (Å²) in [7, 11) is 0. The van der Waals surface area contributed by atoms with Crippen molar-refractivity contribution in [2.24, 2.45) is 0 Å². The monoisotopic (exact) mass is 315 g/mol. The molecule has 3 aliphatic rings. The molecular formula is C18H29N5. The van der Waals surface area contributed by atoms with E-state index < -0.39 is 0 Å². The second-order valence-electron chi connectivity index (χ2n) is 7.24. The zero-order valence-electron chi connectivity index (χ0n) is 14.1. The third kappa shape index (κ3) is 3.44. The van der Waals surface area contributed by atoms with Gasteiger partial charge in [-0.15, -0.1) is 0 Å². The standard InChI is InChI=1S/C18H29N5/c1-2-4-12-23(11-3-1)17-15-8-5-9-16(15)21-18(22-17)20-14-7-6-10-19-13-14/h14,19H,1-13H2,(H,20,21,22). The van der Waals surface area contributed by atoms with Gasteiger partial charge < -0.3 is 15.5 Å². The molecule has 5 heteroatoms. The van der Waals surface area contributed by atoms with E-state index in [1.807, 2.05) is 0 Å². The summed E-state index contributed by atoms with van der Waals surface area (Å²) >= 11 is 0. The van der Waals surface area contributed by atoms with Gasteiger partial charge in [-0.25, -0.2) is 4.98 Å². The fourth-order valence-electron chi connectivity index (χ4n) is 4.18. The Morgan fingerprint density at radius 3 is 2.61 bits per heavy atom. The largest absolute Gasteiger partial charge is 0.356 e. The topological polar surface area (TPSA) is 53.1 Å². The first kappa shape index (κ1) is 15.2. The van der Waals surface area contributed by atoms with Crippen molar-refractivity contribution in [3.05, 3.63) is 11.3 Å². The zero-order chi connectivity index (χ0) is 15.5. The average Bonchev–Trinajstić information content (AvgIpc) is 2.88. The van der Waals surface area contributed by atoms with E-state index in [9.17, 15) is 0 Å². The highest BCUT2D eigenvalue weighted by molar-refractivity contribution is 5.54. The Hall–Kier alpha value is -1.36. The van der Waals surface area contributed by atoms with Crippen LogP contribution in [0.15, 0.2) is 0 Å². The van der Waals surface area contributed by atoms with Crippen molar-refractivity contribution in [3.8, 4) is 0 Å². The van der Waals surface area contributed by atoms with Gasteiger partial charge in [-0.1, -0.05) is 12.8 Å². The Morgan fingerprint density at radius 2 is 1.83 bits per heavy atom. The van der Waals surface area contributed by atoms with Gasteiger partial charge in [0, 0.05) is 31.2 Å². The predicted molar refractivity (Wildman–Crippen MR) is 94.3 cm³/mol. The predicted octanol–water partition coefficient (Wildman–Crippen LogP) is 2.51. The van der Waals surface area contributed by atoms with E-state index in [-0.39, 0.29) is 0 Å². The van der Waals surface area contributed by atoms with Crippen LogP contribution >= 0.6 is 0 Å². The molecule has 2 saturated heterocycles. The summed E-state index contributed by atoms with van der Waals surface area (Å²) in [4.78, 5) is 12.4. The Morgan fingerprint density at radius 1 is 0.957 bits per heavy atom. The summed E-state index contributed by atoms with van der Waals surface area (Å²) in [6, 6.07) is 0.472. The molecule has 0 bridgehead atoms. The van der Waals surface area contributed by atoms with Crippen molar-refractivity contribution < 1.29 is 0 Å². The molecule has 1 atom stereocenters. The lowest BCUT2D eigenvalue weighted by Crippen LogP contribution is -2.39. The van der Waals surface area contributed by atoms with Crippen LogP contribution in [0.4, 0.5) is 11.8 Å². The summed E-state index contributed by atoms with van der Waals surface area (Å²) in [5, 5.41) is 7.06. The highest BCUT2D eigenvalue weighted by Crippen LogP contribution is 2.31. The van der Waals surface area contributed by atoms with Crippen LogP contribution in [0.3, 0.4) is 0 Å². The number of piperidine rings is 1.